The highest BCUT2D eigenvalue weighted by atomic mass is 19.1. The van der Waals surface area contributed by atoms with Gasteiger partial charge in [0.2, 0.25) is 0 Å². The Balaban J connectivity index is 2.15. The molecule has 0 atom stereocenters. The molecule has 1 heterocycles. The van der Waals surface area contributed by atoms with E-state index < -0.39 is 0 Å². The van der Waals surface area contributed by atoms with E-state index in [0.717, 1.165) is 23.4 Å². The molecule has 0 radical (unpaired) electrons. The van der Waals surface area contributed by atoms with E-state index in [2.05, 4.69) is 9.88 Å². The number of nitrogens with zero attached hydrogens (tertiary/aromatic N) is 2. The minimum Gasteiger partial charge on any atom is -0.355 e. The van der Waals surface area contributed by atoms with Gasteiger partial charge in [-0.3, -0.25) is 0 Å². The van der Waals surface area contributed by atoms with Crippen LogP contribution in [0.3, 0.4) is 0 Å². The van der Waals surface area contributed by atoms with Crippen molar-refractivity contribution in [2.45, 2.75) is 13.0 Å². The zero-order chi connectivity index (χ0) is 13.7. The Kier molecular flexibility index (Phi) is 4.47. The summed E-state index contributed by atoms with van der Waals surface area (Å²) in [6, 6.07) is 10.5. The smallest absolute Gasteiger partial charge is 0.131 e. The number of aromatic nitrogens is 1. The van der Waals surface area contributed by atoms with Gasteiger partial charge in [0.1, 0.15) is 11.6 Å². The first-order valence-corrected chi connectivity index (χ1v) is 6.30. The fourth-order valence-electron chi connectivity index (χ4n) is 2.06. The highest BCUT2D eigenvalue weighted by Crippen LogP contribution is 2.18. The highest BCUT2D eigenvalue weighted by Gasteiger charge is 2.08. The molecule has 4 heteroatoms. The van der Waals surface area contributed by atoms with E-state index in [4.69, 9.17) is 5.73 Å². The van der Waals surface area contributed by atoms with Gasteiger partial charge in [-0.15, -0.1) is 0 Å². The summed E-state index contributed by atoms with van der Waals surface area (Å²) in [6.45, 7) is 1.29. The van der Waals surface area contributed by atoms with Crippen molar-refractivity contribution >= 4 is 5.82 Å². The number of hydrogen-bond donors (Lipinski definition) is 1. The predicted molar refractivity (Wildman–Crippen MR) is 75.5 cm³/mol. The van der Waals surface area contributed by atoms with Crippen LogP contribution in [0.25, 0.3) is 0 Å². The topological polar surface area (TPSA) is 42.2 Å². The minimum atomic E-state index is -0.215. The molecule has 0 bridgehead atoms. The Bertz CT molecular complexity index is 525. The summed E-state index contributed by atoms with van der Waals surface area (Å²) < 4.78 is 12.9. The molecule has 0 saturated carbocycles. The van der Waals surface area contributed by atoms with E-state index in [9.17, 15) is 4.39 Å². The van der Waals surface area contributed by atoms with E-state index in [-0.39, 0.29) is 5.82 Å². The molecule has 19 heavy (non-hydrogen) atoms. The number of benzene rings is 1. The first-order valence-electron chi connectivity index (χ1n) is 6.30. The molecule has 2 N–H and O–H groups in total. The van der Waals surface area contributed by atoms with Crippen molar-refractivity contribution in [3.05, 3.63) is 59.5 Å². The average molecular weight is 259 g/mol. The summed E-state index contributed by atoms with van der Waals surface area (Å²) in [5, 5.41) is 0. The second-order valence-corrected chi connectivity index (χ2v) is 4.51. The molecule has 2 rings (SSSR count). The third-order valence-electron chi connectivity index (χ3n) is 2.98. The number of nitrogens with two attached hydrogens (primary N) is 1. The average Bonchev–Trinajstić information content (AvgIpc) is 2.42. The third-order valence-corrected chi connectivity index (χ3v) is 2.98. The second-order valence-electron chi connectivity index (χ2n) is 4.51. The Labute approximate surface area is 112 Å². The first kappa shape index (κ1) is 13.5. The Hall–Kier alpha value is -1.94. The number of hydrogen-bond acceptors (Lipinski definition) is 3. The third kappa shape index (κ3) is 3.51. The molecule has 0 aliphatic rings. The van der Waals surface area contributed by atoms with Gasteiger partial charge in [-0.2, -0.15) is 0 Å². The lowest BCUT2D eigenvalue weighted by atomic mass is 10.1. The van der Waals surface area contributed by atoms with Crippen molar-refractivity contribution in [2.24, 2.45) is 5.73 Å². The van der Waals surface area contributed by atoms with E-state index >= 15 is 0 Å². The molecule has 0 aliphatic carbocycles. The second kappa shape index (κ2) is 6.29. The van der Waals surface area contributed by atoms with Gasteiger partial charge >= 0.3 is 0 Å². The zero-order valence-electron chi connectivity index (χ0n) is 11.0. The molecule has 0 unspecified atom stereocenters. The van der Waals surface area contributed by atoms with E-state index in [1.165, 1.54) is 12.1 Å². The van der Waals surface area contributed by atoms with E-state index in [0.29, 0.717) is 13.1 Å². The molecule has 0 amide bonds. The Morgan fingerprint density at radius 1 is 1.21 bits per heavy atom. The summed E-state index contributed by atoms with van der Waals surface area (Å²) in [4.78, 5) is 6.46. The monoisotopic (exact) mass is 259 g/mol. The van der Waals surface area contributed by atoms with Gasteiger partial charge in [-0.25, -0.2) is 9.37 Å². The molecule has 0 saturated heterocycles. The van der Waals surface area contributed by atoms with Crippen LogP contribution >= 0.6 is 0 Å². The normalized spacial score (nSPS) is 10.5. The van der Waals surface area contributed by atoms with E-state index in [1.807, 2.05) is 19.2 Å². The summed E-state index contributed by atoms with van der Waals surface area (Å²) >= 11 is 0. The van der Waals surface area contributed by atoms with Gasteiger partial charge < -0.3 is 10.6 Å². The van der Waals surface area contributed by atoms with Gasteiger partial charge in [-0.1, -0.05) is 18.2 Å². The quantitative estimate of drug-likeness (QED) is 0.896. The van der Waals surface area contributed by atoms with Crippen LogP contribution in [0, 0.1) is 5.82 Å². The zero-order valence-corrected chi connectivity index (χ0v) is 11.0. The van der Waals surface area contributed by atoms with Gasteiger partial charge in [-0.05, 0) is 42.3 Å². The van der Waals surface area contributed by atoms with E-state index in [1.54, 1.807) is 18.3 Å². The number of pyridine rings is 1. The van der Waals surface area contributed by atoms with Crippen LogP contribution in [-0.4, -0.2) is 18.6 Å². The maximum absolute atomic E-state index is 12.9. The SMILES string of the molecule is CN(Cc1ccc(F)cc1)c1ncccc1CCN. The van der Waals surface area contributed by atoms with Crippen LogP contribution in [0.2, 0.25) is 0 Å². The fourth-order valence-corrected chi connectivity index (χ4v) is 2.06. The van der Waals surface area contributed by atoms with Crippen molar-refractivity contribution in [2.75, 3.05) is 18.5 Å². The molecule has 100 valence electrons. The molecule has 1 aromatic heterocycles. The molecule has 1 aromatic carbocycles. The van der Waals surface area contributed by atoms with Crippen LogP contribution in [-0.2, 0) is 13.0 Å². The van der Waals surface area contributed by atoms with Crippen molar-refractivity contribution in [3.63, 3.8) is 0 Å². The van der Waals surface area contributed by atoms with Crippen LogP contribution in [0.5, 0.6) is 0 Å². The molecular weight excluding hydrogens is 241 g/mol. The fraction of sp³-hybridized carbons (Fsp3) is 0.267. The van der Waals surface area contributed by atoms with Crippen molar-refractivity contribution in [1.82, 2.24) is 4.98 Å². The number of halogens is 1. The highest BCUT2D eigenvalue weighted by molar-refractivity contribution is 5.46. The maximum atomic E-state index is 12.9. The lowest BCUT2D eigenvalue weighted by Gasteiger charge is -2.21. The molecule has 2 aromatic rings. The molecule has 0 spiro atoms. The minimum absolute atomic E-state index is 0.215. The molecule has 0 fully saturated rings. The van der Waals surface area contributed by atoms with Crippen LogP contribution in [0.4, 0.5) is 10.2 Å². The lowest BCUT2D eigenvalue weighted by Crippen LogP contribution is -2.20. The number of rotatable bonds is 5. The summed E-state index contributed by atoms with van der Waals surface area (Å²) in [6.07, 6.45) is 2.58. The lowest BCUT2D eigenvalue weighted by molar-refractivity contribution is 0.627. The van der Waals surface area contributed by atoms with Gasteiger partial charge in [0.05, 0.1) is 0 Å². The maximum Gasteiger partial charge on any atom is 0.131 e. The number of anilines is 1. The molecular formula is C15H18FN3. The van der Waals surface area contributed by atoms with Crippen molar-refractivity contribution in [3.8, 4) is 0 Å². The van der Waals surface area contributed by atoms with Gasteiger partial charge in [0, 0.05) is 19.8 Å². The van der Waals surface area contributed by atoms with Crippen LogP contribution in [0.15, 0.2) is 42.6 Å². The standard InChI is InChI=1S/C15H18FN3/c1-19(11-12-4-6-14(16)7-5-12)15-13(8-9-17)3-2-10-18-15/h2-7,10H,8-9,11,17H2,1H3. The molecule has 3 nitrogen and oxygen atoms in total. The summed E-state index contributed by atoms with van der Waals surface area (Å²) in [5.74, 6) is 0.713. The largest absolute Gasteiger partial charge is 0.355 e. The Morgan fingerprint density at radius 3 is 2.63 bits per heavy atom. The summed E-state index contributed by atoms with van der Waals surface area (Å²) in [7, 11) is 1.98. The van der Waals surface area contributed by atoms with Crippen molar-refractivity contribution < 1.29 is 4.39 Å². The summed E-state index contributed by atoms with van der Waals surface area (Å²) in [5.41, 5.74) is 7.79. The molecule has 0 aliphatic heterocycles. The Morgan fingerprint density at radius 2 is 1.95 bits per heavy atom. The van der Waals surface area contributed by atoms with Gasteiger partial charge in [0.25, 0.3) is 0 Å². The first-order chi connectivity index (χ1) is 9.20. The van der Waals surface area contributed by atoms with Crippen LogP contribution < -0.4 is 10.6 Å². The van der Waals surface area contributed by atoms with Gasteiger partial charge in [0.15, 0.2) is 0 Å². The predicted octanol–water partition coefficient (Wildman–Crippen LogP) is 2.36. The van der Waals surface area contributed by atoms with Crippen molar-refractivity contribution in [1.29, 1.82) is 0 Å². The van der Waals surface area contributed by atoms with Crippen LogP contribution in [0.1, 0.15) is 11.1 Å².